The molecule has 0 unspecified atom stereocenters. The van der Waals surface area contributed by atoms with Crippen LogP contribution < -0.4 is 11.0 Å². The molecule has 0 atom stereocenters. The topological polar surface area (TPSA) is 42.2 Å². The Morgan fingerprint density at radius 3 is 2.47 bits per heavy atom. The van der Waals surface area contributed by atoms with Crippen LogP contribution in [0.4, 0.5) is 0 Å². The standard InChI is InChI=1S/C12H24N4O/c1-4-15(5-2)8-6-13-7-9-16-11-10-14(3)12(16)17/h10-11,13H,4-9H2,1-3H3. The monoisotopic (exact) mass is 240 g/mol. The van der Waals surface area contributed by atoms with Gasteiger partial charge in [-0.3, -0.25) is 4.57 Å². The Hall–Kier alpha value is -1.07. The lowest BCUT2D eigenvalue weighted by Gasteiger charge is -2.17. The highest BCUT2D eigenvalue weighted by molar-refractivity contribution is 4.79. The molecule has 0 saturated heterocycles. The summed E-state index contributed by atoms with van der Waals surface area (Å²) in [5, 5.41) is 3.36. The van der Waals surface area contributed by atoms with E-state index in [2.05, 4.69) is 24.1 Å². The maximum atomic E-state index is 11.5. The van der Waals surface area contributed by atoms with Crippen LogP contribution in [-0.4, -0.2) is 46.8 Å². The van der Waals surface area contributed by atoms with Crippen molar-refractivity contribution in [3.05, 3.63) is 22.9 Å². The van der Waals surface area contributed by atoms with Crippen molar-refractivity contribution in [1.29, 1.82) is 0 Å². The van der Waals surface area contributed by atoms with E-state index in [1.165, 1.54) is 0 Å². The van der Waals surface area contributed by atoms with Crippen LogP contribution >= 0.6 is 0 Å². The zero-order valence-corrected chi connectivity index (χ0v) is 11.1. The molecule has 1 heterocycles. The summed E-state index contributed by atoms with van der Waals surface area (Å²) in [6, 6.07) is 0. The van der Waals surface area contributed by atoms with Gasteiger partial charge >= 0.3 is 5.69 Å². The molecule has 0 amide bonds. The van der Waals surface area contributed by atoms with Gasteiger partial charge in [0.15, 0.2) is 0 Å². The van der Waals surface area contributed by atoms with Gasteiger partial charge in [0.25, 0.3) is 0 Å². The van der Waals surface area contributed by atoms with E-state index < -0.39 is 0 Å². The first-order valence-electron chi connectivity index (χ1n) is 6.33. The smallest absolute Gasteiger partial charge is 0.314 e. The summed E-state index contributed by atoms with van der Waals surface area (Å²) in [7, 11) is 1.77. The summed E-state index contributed by atoms with van der Waals surface area (Å²) < 4.78 is 3.32. The minimum Gasteiger partial charge on any atom is -0.314 e. The molecule has 0 saturated carbocycles. The zero-order chi connectivity index (χ0) is 12.7. The Balaban J connectivity index is 2.16. The van der Waals surface area contributed by atoms with Gasteiger partial charge in [-0.25, -0.2) is 4.79 Å². The van der Waals surface area contributed by atoms with E-state index in [9.17, 15) is 4.79 Å². The molecule has 0 aliphatic heterocycles. The van der Waals surface area contributed by atoms with Gasteiger partial charge in [-0.15, -0.1) is 0 Å². The molecule has 1 aromatic rings. The number of aryl methyl sites for hydroxylation is 1. The van der Waals surface area contributed by atoms with Crippen LogP contribution in [0.3, 0.4) is 0 Å². The van der Waals surface area contributed by atoms with Crippen molar-refractivity contribution in [2.75, 3.05) is 32.7 Å². The predicted octanol–water partition coefficient (Wildman–Crippen LogP) is 0.118. The van der Waals surface area contributed by atoms with Crippen molar-refractivity contribution in [2.45, 2.75) is 20.4 Å². The second kappa shape index (κ2) is 7.29. The SMILES string of the molecule is CCN(CC)CCNCCn1ccn(C)c1=O. The summed E-state index contributed by atoms with van der Waals surface area (Å²) in [6.07, 6.45) is 3.62. The van der Waals surface area contributed by atoms with Gasteiger partial charge in [-0.2, -0.15) is 0 Å². The molecule has 0 aliphatic rings. The first-order valence-corrected chi connectivity index (χ1v) is 6.33. The third-order valence-electron chi connectivity index (χ3n) is 3.05. The number of likely N-dealkylation sites (N-methyl/N-ethyl adjacent to an activating group) is 1. The molecule has 0 fully saturated rings. The summed E-state index contributed by atoms with van der Waals surface area (Å²) in [5.74, 6) is 0. The molecule has 1 rings (SSSR count). The molecular formula is C12H24N4O. The minimum absolute atomic E-state index is 0.0514. The molecule has 5 heteroatoms. The number of hydrogen-bond acceptors (Lipinski definition) is 3. The van der Waals surface area contributed by atoms with Crippen LogP contribution in [0.25, 0.3) is 0 Å². The average molecular weight is 240 g/mol. The molecule has 0 spiro atoms. The molecule has 1 aromatic heterocycles. The van der Waals surface area contributed by atoms with E-state index >= 15 is 0 Å². The molecule has 17 heavy (non-hydrogen) atoms. The third kappa shape index (κ3) is 4.36. The molecule has 1 N–H and O–H groups in total. The fourth-order valence-electron chi connectivity index (χ4n) is 1.78. The number of aromatic nitrogens is 2. The largest absolute Gasteiger partial charge is 0.327 e. The lowest BCUT2D eigenvalue weighted by molar-refractivity contribution is 0.302. The third-order valence-corrected chi connectivity index (χ3v) is 3.05. The predicted molar refractivity (Wildman–Crippen MR) is 70.3 cm³/mol. The lowest BCUT2D eigenvalue weighted by Crippen LogP contribution is -2.34. The van der Waals surface area contributed by atoms with E-state index in [1.807, 2.05) is 6.20 Å². The summed E-state index contributed by atoms with van der Waals surface area (Å²) >= 11 is 0. The second-order valence-electron chi connectivity index (χ2n) is 4.16. The van der Waals surface area contributed by atoms with Crippen molar-refractivity contribution in [1.82, 2.24) is 19.4 Å². The minimum atomic E-state index is 0.0514. The number of rotatable bonds is 8. The van der Waals surface area contributed by atoms with Crippen LogP contribution in [-0.2, 0) is 13.6 Å². The van der Waals surface area contributed by atoms with Crippen molar-refractivity contribution >= 4 is 0 Å². The Morgan fingerprint density at radius 1 is 1.24 bits per heavy atom. The summed E-state index contributed by atoms with van der Waals surface area (Å²) in [6.45, 7) is 10.1. The summed E-state index contributed by atoms with van der Waals surface area (Å²) in [4.78, 5) is 13.9. The van der Waals surface area contributed by atoms with E-state index in [-0.39, 0.29) is 5.69 Å². The first kappa shape index (κ1) is 14.0. The van der Waals surface area contributed by atoms with E-state index in [4.69, 9.17) is 0 Å². The second-order valence-corrected chi connectivity index (χ2v) is 4.16. The Labute approximate surface area is 103 Å². The molecule has 0 aromatic carbocycles. The average Bonchev–Trinajstić information content (AvgIpc) is 2.65. The van der Waals surface area contributed by atoms with Crippen molar-refractivity contribution < 1.29 is 0 Å². The molecule has 5 nitrogen and oxygen atoms in total. The molecular weight excluding hydrogens is 216 g/mol. The van der Waals surface area contributed by atoms with E-state index in [0.29, 0.717) is 0 Å². The zero-order valence-electron chi connectivity index (χ0n) is 11.1. The quantitative estimate of drug-likeness (QED) is 0.656. The maximum Gasteiger partial charge on any atom is 0.327 e. The van der Waals surface area contributed by atoms with Crippen LogP contribution in [0, 0.1) is 0 Å². The Bertz CT molecular complexity index is 365. The molecule has 98 valence electrons. The van der Waals surface area contributed by atoms with Gasteiger partial charge < -0.3 is 14.8 Å². The van der Waals surface area contributed by atoms with Crippen molar-refractivity contribution in [2.24, 2.45) is 7.05 Å². The van der Waals surface area contributed by atoms with Gasteiger partial charge in [0, 0.05) is 45.6 Å². The van der Waals surface area contributed by atoms with Gasteiger partial charge in [0.2, 0.25) is 0 Å². The van der Waals surface area contributed by atoms with Gasteiger partial charge in [0.05, 0.1) is 0 Å². The molecule has 0 bridgehead atoms. The number of hydrogen-bond donors (Lipinski definition) is 1. The summed E-state index contributed by atoms with van der Waals surface area (Å²) in [5.41, 5.74) is 0.0514. The Morgan fingerprint density at radius 2 is 1.94 bits per heavy atom. The van der Waals surface area contributed by atoms with Gasteiger partial charge in [-0.1, -0.05) is 13.8 Å². The van der Waals surface area contributed by atoms with Crippen LogP contribution in [0.2, 0.25) is 0 Å². The highest BCUT2D eigenvalue weighted by Crippen LogP contribution is 1.85. The van der Waals surface area contributed by atoms with Crippen molar-refractivity contribution in [3.8, 4) is 0 Å². The van der Waals surface area contributed by atoms with Crippen LogP contribution in [0.1, 0.15) is 13.8 Å². The molecule has 0 aliphatic carbocycles. The maximum absolute atomic E-state index is 11.5. The normalized spacial score (nSPS) is 11.3. The lowest BCUT2D eigenvalue weighted by atomic mass is 10.4. The Kier molecular flexibility index (Phi) is 6.00. The van der Waals surface area contributed by atoms with E-state index in [1.54, 1.807) is 22.4 Å². The van der Waals surface area contributed by atoms with Gasteiger partial charge in [-0.05, 0) is 13.1 Å². The number of imidazole rings is 1. The highest BCUT2D eigenvalue weighted by Gasteiger charge is 2.00. The number of nitrogens with one attached hydrogen (secondary N) is 1. The van der Waals surface area contributed by atoms with Gasteiger partial charge in [0.1, 0.15) is 0 Å². The number of nitrogens with zero attached hydrogens (tertiary/aromatic N) is 3. The van der Waals surface area contributed by atoms with Crippen LogP contribution in [0.15, 0.2) is 17.2 Å². The highest BCUT2D eigenvalue weighted by atomic mass is 16.1. The molecule has 0 radical (unpaired) electrons. The van der Waals surface area contributed by atoms with Crippen LogP contribution in [0.5, 0.6) is 0 Å². The first-order chi connectivity index (χ1) is 8.19. The van der Waals surface area contributed by atoms with E-state index in [0.717, 1.165) is 39.3 Å². The fraction of sp³-hybridized carbons (Fsp3) is 0.750. The van der Waals surface area contributed by atoms with Crippen molar-refractivity contribution in [3.63, 3.8) is 0 Å². The fourth-order valence-corrected chi connectivity index (χ4v) is 1.78.